The molecule has 0 amide bonds. The first kappa shape index (κ1) is 15.7. The standard InChI is InChI=1S/C16H19NO3S/c18-21(19,20)13-7-12-17-16(14-8-3-1-4-9-14)15-10-5-2-6-11-15/h1-6,8-11,16-17H,7,12-13H2,(H,18,19,20). The number of hydrogen-bond donors (Lipinski definition) is 2. The summed E-state index contributed by atoms with van der Waals surface area (Å²) in [6.07, 6.45) is 0.370. The molecule has 2 aromatic carbocycles. The zero-order chi connectivity index (χ0) is 15.1. The van der Waals surface area contributed by atoms with Gasteiger partial charge in [-0.25, -0.2) is 0 Å². The zero-order valence-corrected chi connectivity index (χ0v) is 12.5. The monoisotopic (exact) mass is 305 g/mol. The van der Waals surface area contributed by atoms with Crippen LogP contribution in [0.4, 0.5) is 0 Å². The molecule has 5 heteroatoms. The molecular weight excluding hydrogens is 286 g/mol. The van der Waals surface area contributed by atoms with Gasteiger partial charge in [-0.2, -0.15) is 8.42 Å². The second-order valence-electron chi connectivity index (χ2n) is 4.85. The number of hydrogen-bond acceptors (Lipinski definition) is 3. The van der Waals surface area contributed by atoms with E-state index in [1.807, 2.05) is 60.7 Å². The van der Waals surface area contributed by atoms with Gasteiger partial charge in [-0.15, -0.1) is 0 Å². The maximum atomic E-state index is 10.7. The predicted molar refractivity (Wildman–Crippen MR) is 83.8 cm³/mol. The SMILES string of the molecule is O=S(=O)(O)CCCNC(c1ccccc1)c1ccccc1. The third kappa shape index (κ3) is 5.30. The first-order chi connectivity index (χ1) is 10.1. The smallest absolute Gasteiger partial charge is 0.264 e. The average molecular weight is 305 g/mol. The fourth-order valence-electron chi connectivity index (χ4n) is 2.22. The van der Waals surface area contributed by atoms with Gasteiger partial charge < -0.3 is 5.32 Å². The molecule has 0 aromatic heterocycles. The van der Waals surface area contributed by atoms with Crippen LogP contribution >= 0.6 is 0 Å². The van der Waals surface area contributed by atoms with Crippen LogP contribution in [0.5, 0.6) is 0 Å². The van der Waals surface area contributed by atoms with Crippen molar-refractivity contribution in [2.75, 3.05) is 12.3 Å². The highest BCUT2D eigenvalue weighted by Gasteiger charge is 2.13. The van der Waals surface area contributed by atoms with E-state index in [-0.39, 0.29) is 11.8 Å². The van der Waals surface area contributed by atoms with E-state index in [2.05, 4.69) is 5.32 Å². The van der Waals surface area contributed by atoms with Crippen LogP contribution in [-0.2, 0) is 10.1 Å². The quantitative estimate of drug-likeness (QED) is 0.609. The van der Waals surface area contributed by atoms with E-state index in [1.165, 1.54) is 0 Å². The lowest BCUT2D eigenvalue weighted by molar-refractivity contribution is 0.478. The third-order valence-electron chi connectivity index (χ3n) is 3.19. The Hall–Kier alpha value is -1.69. The molecule has 21 heavy (non-hydrogen) atoms. The lowest BCUT2D eigenvalue weighted by Gasteiger charge is -2.19. The zero-order valence-electron chi connectivity index (χ0n) is 11.6. The lowest BCUT2D eigenvalue weighted by Crippen LogP contribution is -2.25. The second kappa shape index (κ2) is 7.36. The van der Waals surface area contributed by atoms with Crippen molar-refractivity contribution in [1.82, 2.24) is 5.32 Å². The van der Waals surface area contributed by atoms with E-state index >= 15 is 0 Å². The van der Waals surface area contributed by atoms with Crippen molar-refractivity contribution in [2.45, 2.75) is 12.5 Å². The summed E-state index contributed by atoms with van der Waals surface area (Å²) in [6.45, 7) is 0.508. The Labute approximate surface area is 125 Å². The Morgan fingerprint density at radius 3 is 1.81 bits per heavy atom. The lowest BCUT2D eigenvalue weighted by atomic mass is 9.99. The van der Waals surface area contributed by atoms with Crippen molar-refractivity contribution < 1.29 is 13.0 Å². The molecule has 0 radical (unpaired) electrons. The average Bonchev–Trinajstić information content (AvgIpc) is 2.48. The van der Waals surface area contributed by atoms with E-state index in [9.17, 15) is 8.42 Å². The van der Waals surface area contributed by atoms with Gasteiger partial charge in [0.15, 0.2) is 0 Å². The summed E-state index contributed by atoms with van der Waals surface area (Å²) in [6, 6.07) is 20.0. The maximum Gasteiger partial charge on any atom is 0.264 e. The van der Waals surface area contributed by atoms with Crippen LogP contribution in [0.3, 0.4) is 0 Å². The molecule has 2 aromatic rings. The van der Waals surface area contributed by atoms with Crippen LogP contribution in [0.15, 0.2) is 60.7 Å². The first-order valence-electron chi connectivity index (χ1n) is 6.85. The molecule has 0 aliphatic carbocycles. The van der Waals surface area contributed by atoms with Crippen molar-refractivity contribution in [3.8, 4) is 0 Å². The molecule has 0 fully saturated rings. The van der Waals surface area contributed by atoms with Gasteiger partial charge in [0.05, 0.1) is 11.8 Å². The Bertz CT molecular complexity index is 602. The molecule has 0 atom stereocenters. The minimum absolute atomic E-state index is 0.00815. The number of nitrogens with one attached hydrogen (secondary N) is 1. The summed E-state index contributed by atoms with van der Waals surface area (Å²) in [4.78, 5) is 0. The van der Waals surface area contributed by atoms with Crippen LogP contribution in [-0.4, -0.2) is 25.3 Å². The summed E-state index contributed by atoms with van der Waals surface area (Å²) in [7, 11) is -3.89. The van der Waals surface area contributed by atoms with Gasteiger partial charge in [0, 0.05) is 0 Å². The topological polar surface area (TPSA) is 66.4 Å². The fourth-order valence-corrected chi connectivity index (χ4v) is 2.73. The van der Waals surface area contributed by atoms with Crippen molar-refractivity contribution in [2.24, 2.45) is 0 Å². The van der Waals surface area contributed by atoms with E-state index in [0.717, 1.165) is 11.1 Å². The highest BCUT2D eigenvalue weighted by atomic mass is 32.2. The molecule has 0 bridgehead atoms. The summed E-state index contributed by atoms with van der Waals surface area (Å²) < 4.78 is 30.2. The Morgan fingerprint density at radius 1 is 0.905 bits per heavy atom. The van der Waals surface area contributed by atoms with Gasteiger partial charge in [0.2, 0.25) is 0 Å². The van der Waals surface area contributed by atoms with E-state index in [4.69, 9.17) is 4.55 Å². The Kier molecular flexibility index (Phi) is 5.50. The molecule has 0 aliphatic rings. The van der Waals surface area contributed by atoms with Gasteiger partial charge in [0.25, 0.3) is 10.1 Å². The molecule has 112 valence electrons. The van der Waals surface area contributed by atoms with Crippen molar-refractivity contribution in [1.29, 1.82) is 0 Å². The fraction of sp³-hybridized carbons (Fsp3) is 0.250. The van der Waals surface area contributed by atoms with E-state index < -0.39 is 10.1 Å². The molecule has 0 saturated carbocycles. The number of rotatable bonds is 7. The molecule has 0 spiro atoms. The maximum absolute atomic E-state index is 10.7. The Morgan fingerprint density at radius 2 is 1.38 bits per heavy atom. The minimum Gasteiger partial charge on any atom is -0.306 e. The van der Waals surface area contributed by atoms with Gasteiger partial charge >= 0.3 is 0 Å². The molecule has 0 saturated heterocycles. The largest absolute Gasteiger partial charge is 0.306 e. The van der Waals surface area contributed by atoms with Crippen molar-refractivity contribution in [3.63, 3.8) is 0 Å². The molecule has 4 nitrogen and oxygen atoms in total. The molecule has 2 N–H and O–H groups in total. The van der Waals surface area contributed by atoms with Crippen LogP contribution < -0.4 is 5.32 Å². The normalized spacial score (nSPS) is 11.7. The summed E-state index contributed by atoms with van der Waals surface area (Å²) in [5.41, 5.74) is 2.24. The first-order valence-corrected chi connectivity index (χ1v) is 8.45. The van der Waals surface area contributed by atoms with Gasteiger partial charge in [-0.05, 0) is 24.1 Å². The predicted octanol–water partition coefficient (Wildman–Crippen LogP) is 2.64. The highest BCUT2D eigenvalue weighted by molar-refractivity contribution is 7.85. The molecular formula is C16H19NO3S. The molecule has 2 rings (SSSR count). The molecule has 0 heterocycles. The van der Waals surface area contributed by atoms with E-state index in [1.54, 1.807) is 0 Å². The highest BCUT2D eigenvalue weighted by Crippen LogP contribution is 2.21. The summed E-state index contributed by atoms with van der Waals surface area (Å²) >= 11 is 0. The molecule has 0 unspecified atom stereocenters. The van der Waals surface area contributed by atoms with Crippen molar-refractivity contribution in [3.05, 3.63) is 71.8 Å². The number of benzene rings is 2. The summed E-state index contributed by atoms with van der Waals surface area (Å²) in [5.74, 6) is -0.226. The third-order valence-corrected chi connectivity index (χ3v) is 4.00. The van der Waals surface area contributed by atoms with Crippen LogP contribution in [0, 0.1) is 0 Å². The van der Waals surface area contributed by atoms with Gasteiger partial charge in [-0.3, -0.25) is 4.55 Å². The second-order valence-corrected chi connectivity index (χ2v) is 6.42. The van der Waals surface area contributed by atoms with E-state index in [0.29, 0.717) is 13.0 Å². The van der Waals surface area contributed by atoms with Crippen LogP contribution in [0.1, 0.15) is 23.6 Å². The van der Waals surface area contributed by atoms with Gasteiger partial charge in [0.1, 0.15) is 0 Å². The van der Waals surface area contributed by atoms with Gasteiger partial charge in [-0.1, -0.05) is 60.7 Å². The van der Waals surface area contributed by atoms with Crippen LogP contribution in [0.2, 0.25) is 0 Å². The van der Waals surface area contributed by atoms with Crippen LogP contribution in [0.25, 0.3) is 0 Å². The molecule has 0 aliphatic heterocycles. The van der Waals surface area contributed by atoms with Crippen molar-refractivity contribution >= 4 is 10.1 Å². The Balaban J connectivity index is 2.07. The minimum atomic E-state index is -3.89. The summed E-state index contributed by atoms with van der Waals surface area (Å²) in [5, 5.41) is 3.35.